The fraction of sp³-hybridized carbons (Fsp3) is 0.250. The Morgan fingerprint density at radius 2 is 1.84 bits per heavy atom. The van der Waals surface area contributed by atoms with Crippen molar-refractivity contribution in [3.63, 3.8) is 0 Å². The predicted molar refractivity (Wildman–Crippen MR) is 86.5 cm³/mol. The molecule has 0 aliphatic rings. The molecular weight excluding hydrogens is 300 g/mol. The highest BCUT2D eigenvalue weighted by Crippen LogP contribution is 2.27. The van der Waals surface area contributed by atoms with Crippen molar-refractivity contribution in [3.05, 3.63) is 58.1 Å². The monoisotopic (exact) mass is 318 g/mol. The summed E-state index contributed by atoms with van der Waals surface area (Å²) in [5, 5.41) is 0. The third-order valence-electron chi connectivity index (χ3n) is 3.34. The molecule has 19 heavy (non-hydrogen) atoms. The second kappa shape index (κ2) is 6.11. The van der Waals surface area contributed by atoms with Crippen LogP contribution in [-0.2, 0) is 6.54 Å². The zero-order valence-electron chi connectivity index (χ0n) is 11.4. The molecule has 2 rings (SSSR count). The van der Waals surface area contributed by atoms with Crippen LogP contribution in [0.5, 0.6) is 0 Å². The normalized spacial score (nSPS) is 10.5. The van der Waals surface area contributed by atoms with Crippen molar-refractivity contribution < 1.29 is 0 Å². The summed E-state index contributed by atoms with van der Waals surface area (Å²) in [4.78, 5) is 2.34. The molecule has 0 aliphatic heterocycles. The van der Waals surface area contributed by atoms with Gasteiger partial charge in [0.1, 0.15) is 0 Å². The van der Waals surface area contributed by atoms with Gasteiger partial charge >= 0.3 is 0 Å². The second-order valence-corrected chi connectivity index (χ2v) is 5.46. The number of nitrogens with zero attached hydrogens (tertiary/aromatic N) is 1. The molecule has 0 atom stereocenters. The lowest BCUT2D eigenvalue weighted by Gasteiger charge is -2.26. The second-order valence-electron chi connectivity index (χ2n) is 4.61. The summed E-state index contributed by atoms with van der Waals surface area (Å²) >= 11 is 3.59. The Bertz CT molecular complexity index is 546. The Labute approximate surface area is 123 Å². The van der Waals surface area contributed by atoms with Gasteiger partial charge in [-0.25, -0.2) is 0 Å². The fourth-order valence-corrected chi connectivity index (χ4v) is 2.73. The molecule has 0 radical (unpaired) electrons. The fourth-order valence-electron chi connectivity index (χ4n) is 2.22. The van der Waals surface area contributed by atoms with E-state index in [2.05, 4.69) is 58.9 Å². The van der Waals surface area contributed by atoms with Gasteiger partial charge in [-0.1, -0.05) is 40.2 Å². The van der Waals surface area contributed by atoms with E-state index in [0.717, 1.165) is 28.8 Å². The minimum absolute atomic E-state index is 0.814. The van der Waals surface area contributed by atoms with E-state index < -0.39 is 0 Å². The van der Waals surface area contributed by atoms with E-state index in [-0.39, 0.29) is 0 Å². The highest BCUT2D eigenvalue weighted by Gasteiger charge is 2.11. The number of nitrogen functional groups attached to an aromatic ring is 1. The molecule has 0 aliphatic carbocycles. The standard InChI is InChI=1S/C16H19BrN2/c1-3-19(16-10-5-4-7-12(16)2)11-13-14(17)8-6-9-15(13)18/h4-10H,3,11,18H2,1-2H3. The van der Waals surface area contributed by atoms with Crippen molar-refractivity contribution in [3.8, 4) is 0 Å². The molecule has 0 heterocycles. The Balaban J connectivity index is 2.32. The van der Waals surface area contributed by atoms with Gasteiger partial charge in [0.2, 0.25) is 0 Å². The van der Waals surface area contributed by atoms with Crippen LogP contribution in [0.25, 0.3) is 0 Å². The van der Waals surface area contributed by atoms with Crippen LogP contribution in [0.2, 0.25) is 0 Å². The van der Waals surface area contributed by atoms with Gasteiger partial charge in [0.25, 0.3) is 0 Å². The van der Waals surface area contributed by atoms with Crippen LogP contribution in [0, 0.1) is 6.92 Å². The first kappa shape index (κ1) is 13.9. The topological polar surface area (TPSA) is 29.3 Å². The molecule has 0 aromatic heterocycles. The molecule has 0 amide bonds. The van der Waals surface area contributed by atoms with Gasteiger partial charge in [-0.3, -0.25) is 0 Å². The number of hydrogen-bond acceptors (Lipinski definition) is 2. The molecule has 0 saturated heterocycles. The van der Waals surface area contributed by atoms with Gasteiger partial charge in [-0.05, 0) is 37.6 Å². The first-order valence-electron chi connectivity index (χ1n) is 6.47. The largest absolute Gasteiger partial charge is 0.398 e. The van der Waals surface area contributed by atoms with Crippen LogP contribution in [0.3, 0.4) is 0 Å². The van der Waals surface area contributed by atoms with Crippen molar-refractivity contribution in [2.45, 2.75) is 20.4 Å². The van der Waals surface area contributed by atoms with E-state index in [1.165, 1.54) is 11.3 Å². The highest BCUT2D eigenvalue weighted by atomic mass is 79.9. The number of nitrogens with two attached hydrogens (primary N) is 1. The quantitative estimate of drug-likeness (QED) is 0.848. The highest BCUT2D eigenvalue weighted by molar-refractivity contribution is 9.10. The lowest BCUT2D eigenvalue weighted by atomic mass is 10.1. The van der Waals surface area contributed by atoms with Gasteiger partial charge in [0, 0.05) is 34.5 Å². The maximum absolute atomic E-state index is 6.08. The average molecular weight is 319 g/mol. The number of para-hydroxylation sites is 1. The van der Waals surface area contributed by atoms with E-state index in [1.807, 2.05) is 18.2 Å². The number of aryl methyl sites for hydroxylation is 1. The van der Waals surface area contributed by atoms with Crippen molar-refractivity contribution >= 4 is 27.3 Å². The summed E-state index contributed by atoms with van der Waals surface area (Å²) in [5.74, 6) is 0. The van der Waals surface area contributed by atoms with Gasteiger partial charge in [-0.2, -0.15) is 0 Å². The van der Waals surface area contributed by atoms with Crippen LogP contribution in [-0.4, -0.2) is 6.54 Å². The maximum atomic E-state index is 6.08. The van der Waals surface area contributed by atoms with Crippen molar-refractivity contribution in [1.82, 2.24) is 0 Å². The summed E-state index contributed by atoms with van der Waals surface area (Å²) in [5.41, 5.74) is 10.6. The van der Waals surface area contributed by atoms with Crippen LogP contribution in [0.1, 0.15) is 18.1 Å². The van der Waals surface area contributed by atoms with E-state index in [9.17, 15) is 0 Å². The van der Waals surface area contributed by atoms with E-state index in [1.54, 1.807) is 0 Å². The molecule has 0 spiro atoms. The molecule has 0 saturated carbocycles. The minimum Gasteiger partial charge on any atom is -0.398 e. The van der Waals surface area contributed by atoms with Crippen LogP contribution in [0.4, 0.5) is 11.4 Å². The molecule has 2 N–H and O–H groups in total. The molecule has 2 aromatic rings. The molecule has 2 aromatic carbocycles. The predicted octanol–water partition coefficient (Wildman–Crippen LogP) is 4.37. The summed E-state index contributed by atoms with van der Waals surface area (Å²) in [6, 6.07) is 14.4. The number of halogens is 1. The van der Waals surface area contributed by atoms with Crippen LogP contribution in [0.15, 0.2) is 46.9 Å². The zero-order chi connectivity index (χ0) is 13.8. The molecule has 0 fully saturated rings. The SMILES string of the molecule is CCN(Cc1c(N)cccc1Br)c1ccccc1C. The molecule has 0 unspecified atom stereocenters. The summed E-state index contributed by atoms with van der Waals surface area (Å²) in [6.45, 7) is 6.07. The maximum Gasteiger partial charge on any atom is 0.0461 e. The van der Waals surface area contributed by atoms with Crippen LogP contribution >= 0.6 is 15.9 Å². The zero-order valence-corrected chi connectivity index (χ0v) is 12.9. The Morgan fingerprint density at radius 3 is 2.47 bits per heavy atom. The molecule has 0 bridgehead atoms. The third-order valence-corrected chi connectivity index (χ3v) is 4.08. The Hall–Kier alpha value is -1.48. The van der Waals surface area contributed by atoms with Gasteiger partial charge in [0.15, 0.2) is 0 Å². The smallest absolute Gasteiger partial charge is 0.0461 e. The number of benzene rings is 2. The molecular formula is C16H19BrN2. The van der Waals surface area contributed by atoms with Gasteiger partial charge < -0.3 is 10.6 Å². The summed E-state index contributed by atoms with van der Waals surface area (Å²) in [6.07, 6.45) is 0. The summed E-state index contributed by atoms with van der Waals surface area (Å²) < 4.78 is 1.07. The van der Waals surface area contributed by atoms with Crippen molar-refractivity contribution in [1.29, 1.82) is 0 Å². The number of rotatable bonds is 4. The molecule has 2 nitrogen and oxygen atoms in total. The number of anilines is 2. The molecule has 3 heteroatoms. The van der Waals surface area contributed by atoms with E-state index in [0.29, 0.717) is 0 Å². The Kier molecular flexibility index (Phi) is 4.48. The Morgan fingerprint density at radius 1 is 1.11 bits per heavy atom. The average Bonchev–Trinajstić information content (AvgIpc) is 2.40. The lowest BCUT2D eigenvalue weighted by molar-refractivity contribution is 0.827. The first-order valence-corrected chi connectivity index (χ1v) is 7.26. The third kappa shape index (κ3) is 3.10. The van der Waals surface area contributed by atoms with Crippen molar-refractivity contribution in [2.24, 2.45) is 0 Å². The number of hydrogen-bond donors (Lipinski definition) is 1. The first-order chi connectivity index (χ1) is 9.13. The van der Waals surface area contributed by atoms with E-state index in [4.69, 9.17) is 5.73 Å². The van der Waals surface area contributed by atoms with Crippen LogP contribution < -0.4 is 10.6 Å². The van der Waals surface area contributed by atoms with Crippen molar-refractivity contribution in [2.75, 3.05) is 17.2 Å². The lowest BCUT2D eigenvalue weighted by Crippen LogP contribution is -2.23. The van der Waals surface area contributed by atoms with Gasteiger partial charge in [-0.15, -0.1) is 0 Å². The minimum atomic E-state index is 0.814. The molecule has 100 valence electrons. The van der Waals surface area contributed by atoms with E-state index >= 15 is 0 Å². The summed E-state index contributed by atoms with van der Waals surface area (Å²) in [7, 11) is 0. The van der Waals surface area contributed by atoms with Gasteiger partial charge in [0.05, 0.1) is 0 Å².